The van der Waals surface area contributed by atoms with Crippen LogP contribution >= 0.6 is 0 Å². The first-order chi connectivity index (χ1) is 9.35. The molecule has 1 fully saturated rings. The number of benzene rings is 1. The first-order valence-corrected chi connectivity index (χ1v) is 5.78. The molecule has 0 spiro atoms. The van der Waals surface area contributed by atoms with E-state index in [1.165, 1.54) is 17.0 Å². The number of alkyl halides is 3. The average molecular weight is 288 g/mol. The lowest BCUT2D eigenvalue weighted by Gasteiger charge is -2.20. The monoisotopic (exact) mass is 288 g/mol. The fourth-order valence-electron chi connectivity index (χ4n) is 1.80. The van der Waals surface area contributed by atoms with Crippen molar-refractivity contribution in [2.45, 2.75) is 12.8 Å². The summed E-state index contributed by atoms with van der Waals surface area (Å²) in [5.41, 5.74) is 0.418. The summed E-state index contributed by atoms with van der Waals surface area (Å²) in [6, 6.07) is 4.93. The summed E-state index contributed by atoms with van der Waals surface area (Å²) in [5.74, 6) is -0.920. The molecular weight excluding hydrogens is 277 g/mol. The van der Waals surface area contributed by atoms with Gasteiger partial charge in [-0.15, -0.1) is 13.2 Å². The quantitative estimate of drug-likeness (QED) is 0.896. The highest BCUT2D eigenvalue weighted by molar-refractivity contribution is 5.98. The third-order valence-corrected chi connectivity index (χ3v) is 2.68. The second-order valence-corrected chi connectivity index (χ2v) is 4.11. The van der Waals surface area contributed by atoms with E-state index in [1.54, 1.807) is 0 Å². The minimum atomic E-state index is -4.75. The van der Waals surface area contributed by atoms with Crippen LogP contribution in [-0.2, 0) is 9.59 Å². The van der Waals surface area contributed by atoms with Crippen molar-refractivity contribution in [3.63, 3.8) is 0 Å². The Morgan fingerprint density at radius 1 is 1.15 bits per heavy atom. The van der Waals surface area contributed by atoms with Gasteiger partial charge in [0.1, 0.15) is 5.75 Å². The van der Waals surface area contributed by atoms with E-state index in [9.17, 15) is 22.8 Å². The van der Waals surface area contributed by atoms with Crippen molar-refractivity contribution >= 4 is 17.5 Å². The van der Waals surface area contributed by atoms with Crippen LogP contribution in [0.15, 0.2) is 24.3 Å². The molecule has 5 nitrogen and oxygen atoms in total. The lowest BCUT2D eigenvalue weighted by molar-refractivity contribution is -0.274. The van der Waals surface area contributed by atoms with Gasteiger partial charge in [0.2, 0.25) is 11.8 Å². The van der Waals surface area contributed by atoms with E-state index < -0.39 is 6.36 Å². The van der Waals surface area contributed by atoms with Gasteiger partial charge < -0.3 is 15.0 Å². The molecule has 0 aromatic heterocycles. The number of hydrogen-bond donors (Lipinski definition) is 1. The van der Waals surface area contributed by atoms with Crippen LogP contribution in [0.4, 0.5) is 18.9 Å². The summed E-state index contributed by atoms with van der Waals surface area (Å²) in [6.45, 7) is 0.0593. The van der Waals surface area contributed by atoms with Gasteiger partial charge in [-0.1, -0.05) is 0 Å². The van der Waals surface area contributed by atoms with E-state index in [1.807, 2.05) is 0 Å². The number of rotatable bonds is 2. The number of carbonyl (C=O) groups excluding carboxylic acids is 2. The third kappa shape index (κ3) is 3.62. The highest BCUT2D eigenvalue weighted by atomic mass is 19.4. The van der Waals surface area contributed by atoms with E-state index in [0.29, 0.717) is 5.69 Å². The standard InChI is InChI=1S/C12H11F3N2O3/c13-12(14,15)20-9-3-1-8(2-4-9)17-6-5-10(18)16-7-11(17)19/h1-4H,5-7H2,(H,16,18). The van der Waals surface area contributed by atoms with E-state index in [2.05, 4.69) is 10.1 Å². The number of hydrogen-bond acceptors (Lipinski definition) is 3. The molecule has 1 saturated heterocycles. The Labute approximate surface area is 112 Å². The summed E-state index contributed by atoms with van der Waals surface area (Å²) >= 11 is 0. The van der Waals surface area contributed by atoms with Crippen LogP contribution in [0.1, 0.15) is 6.42 Å². The number of ether oxygens (including phenoxy) is 1. The van der Waals surface area contributed by atoms with Crippen molar-refractivity contribution in [2.75, 3.05) is 18.0 Å². The van der Waals surface area contributed by atoms with Crippen LogP contribution < -0.4 is 15.0 Å². The van der Waals surface area contributed by atoms with Crippen molar-refractivity contribution in [1.29, 1.82) is 0 Å². The SMILES string of the molecule is O=C1CCN(c2ccc(OC(F)(F)F)cc2)C(=O)CN1. The molecule has 1 aromatic carbocycles. The molecule has 0 aliphatic carbocycles. The lowest BCUT2D eigenvalue weighted by Crippen LogP contribution is -2.35. The van der Waals surface area contributed by atoms with Crippen molar-refractivity contribution in [3.05, 3.63) is 24.3 Å². The van der Waals surface area contributed by atoms with Crippen LogP contribution in [0.5, 0.6) is 5.75 Å². The highest BCUT2D eigenvalue weighted by Gasteiger charge is 2.31. The summed E-state index contributed by atoms with van der Waals surface area (Å²) in [6.07, 6.45) is -4.61. The van der Waals surface area contributed by atoms with Crippen molar-refractivity contribution in [3.8, 4) is 5.75 Å². The van der Waals surface area contributed by atoms with Gasteiger partial charge in [0, 0.05) is 18.7 Å². The second-order valence-electron chi connectivity index (χ2n) is 4.11. The van der Waals surface area contributed by atoms with Crippen LogP contribution in [0.2, 0.25) is 0 Å². The number of halogens is 3. The zero-order valence-corrected chi connectivity index (χ0v) is 10.2. The molecule has 1 aromatic rings. The molecule has 2 amide bonds. The fourth-order valence-corrected chi connectivity index (χ4v) is 1.80. The number of nitrogens with one attached hydrogen (secondary N) is 1. The normalized spacial score (nSPS) is 16.6. The summed E-state index contributed by atoms with van der Waals surface area (Å²) < 4.78 is 39.8. The van der Waals surface area contributed by atoms with Crippen LogP contribution in [0.25, 0.3) is 0 Å². The Bertz CT molecular complexity index is 514. The van der Waals surface area contributed by atoms with Crippen LogP contribution in [-0.4, -0.2) is 31.3 Å². The van der Waals surface area contributed by atoms with E-state index in [-0.39, 0.29) is 37.1 Å². The van der Waals surface area contributed by atoms with Gasteiger partial charge in [0.25, 0.3) is 0 Å². The van der Waals surface area contributed by atoms with E-state index in [4.69, 9.17) is 0 Å². The number of amides is 2. The molecule has 2 rings (SSSR count). The Morgan fingerprint density at radius 2 is 1.80 bits per heavy atom. The average Bonchev–Trinajstić information content (AvgIpc) is 2.52. The van der Waals surface area contributed by atoms with Gasteiger partial charge in [-0.3, -0.25) is 9.59 Å². The molecule has 0 unspecified atom stereocenters. The van der Waals surface area contributed by atoms with E-state index in [0.717, 1.165) is 12.1 Å². The van der Waals surface area contributed by atoms with E-state index >= 15 is 0 Å². The summed E-state index contributed by atoms with van der Waals surface area (Å²) in [7, 11) is 0. The Balaban J connectivity index is 2.12. The van der Waals surface area contributed by atoms with Gasteiger partial charge >= 0.3 is 6.36 Å². The first kappa shape index (κ1) is 14.2. The zero-order valence-electron chi connectivity index (χ0n) is 10.2. The molecule has 0 saturated carbocycles. The fraction of sp³-hybridized carbons (Fsp3) is 0.333. The number of nitrogens with zero attached hydrogens (tertiary/aromatic N) is 1. The van der Waals surface area contributed by atoms with Gasteiger partial charge in [-0.25, -0.2) is 0 Å². The van der Waals surface area contributed by atoms with Gasteiger partial charge in [0.05, 0.1) is 6.54 Å². The zero-order chi connectivity index (χ0) is 14.8. The highest BCUT2D eigenvalue weighted by Crippen LogP contribution is 2.25. The first-order valence-electron chi connectivity index (χ1n) is 5.78. The van der Waals surface area contributed by atoms with Crippen LogP contribution in [0, 0.1) is 0 Å². The van der Waals surface area contributed by atoms with Crippen LogP contribution in [0.3, 0.4) is 0 Å². The molecule has 8 heteroatoms. The van der Waals surface area contributed by atoms with Gasteiger partial charge in [-0.05, 0) is 24.3 Å². The minimum Gasteiger partial charge on any atom is -0.406 e. The van der Waals surface area contributed by atoms with Crippen molar-refractivity contribution < 1.29 is 27.5 Å². The Kier molecular flexibility index (Phi) is 3.82. The maximum Gasteiger partial charge on any atom is 0.573 e. The Morgan fingerprint density at radius 3 is 2.40 bits per heavy atom. The molecule has 0 bridgehead atoms. The Hall–Kier alpha value is -2.25. The molecule has 108 valence electrons. The largest absolute Gasteiger partial charge is 0.573 e. The molecule has 1 aliphatic heterocycles. The van der Waals surface area contributed by atoms with Gasteiger partial charge in [-0.2, -0.15) is 0 Å². The number of carbonyl (C=O) groups is 2. The summed E-state index contributed by atoms with van der Waals surface area (Å²) in [4.78, 5) is 24.3. The van der Waals surface area contributed by atoms with Crippen molar-refractivity contribution in [2.24, 2.45) is 0 Å². The predicted octanol–water partition coefficient (Wildman–Crippen LogP) is 1.44. The number of anilines is 1. The molecule has 1 heterocycles. The molecule has 20 heavy (non-hydrogen) atoms. The predicted molar refractivity (Wildman–Crippen MR) is 63.1 cm³/mol. The summed E-state index contributed by atoms with van der Waals surface area (Å²) in [5, 5.41) is 2.43. The van der Waals surface area contributed by atoms with Gasteiger partial charge in [0.15, 0.2) is 0 Å². The minimum absolute atomic E-state index is 0.125. The molecular formula is C12H11F3N2O3. The molecule has 1 N–H and O–H groups in total. The molecule has 1 aliphatic rings. The lowest BCUT2D eigenvalue weighted by atomic mass is 10.2. The topological polar surface area (TPSA) is 58.6 Å². The maximum atomic E-state index is 12.0. The maximum absolute atomic E-state index is 12.0. The molecule has 0 radical (unpaired) electrons. The van der Waals surface area contributed by atoms with Crippen molar-refractivity contribution in [1.82, 2.24) is 5.32 Å². The third-order valence-electron chi connectivity index (χ3n) is 2.68. The molecule has 0 atom stereocenters. The second kappa shape index (κ2) is 5.40. The smallest absolute Gasteiger partial charge is 0.406 e.